The molecule has 1 N–H and O–H groups in total. The van der Waals surface area contributed by atoms with E-state index in [-0.39, 0.29) is 22.7 Å². The molecule has 1 unspecified atom stereocenters. The molecule has 1 aromatic carbocycles. The number of amides is 1. The van der Waals surface area contributed by atoms with Gasteiger partial charge >= 0.3 is 6.09 Å². The number of likely N-dealkylation sites (tertiary alicyclic amines) is 1. The molecule has 31 heavy (non-hydrogen) atoms. The molecule has 0 spiro atoms. The first-order valence-corrected chi connectivity index (χ1v) is 11.4. The average Bonchev–Trinajstić information content (AvgIpc) is 2.89. The zero-order chi connectivity index (χ0) is 22.1. The van der Waals surface area contributed by atoms with Gasteiger partial charge in [0.05, 0.1) is 17.6 Å². The third-order valence-corrected chi connectivity index (χ3v) is 6.69. The Morgan fingerprint density at radius 1 is 1.29 bits per heavy atom. The van der Waals surface area contributed by atoms with Crippen molar-refractivity contribution < 1.29 is 14.5 Å². The van der Waals surface area contributed by atoms with Crippen molar-refractivity contribution in [2.75, 3.05) is 19.7 Å². The summed E-state index contributed by atoms with van der Waals surface area (Å²) in [6.45, 7) is 5.15. The van der Waals surface area contributed by atoms with Crippen LogP contribution in [0, 0.1) is 17.0 Å². The van der Waals surface area contributed by atoms with Crippen molar-refractivity contribution in [3.8, 4) is 0 Å². The van der Waals surface area contributed by atoms with Crippen LogP contribution in [0.15, 0.2) is 40.0 Å². The summed E-state index contributed by atoms with van der Waals surface area (Å²) in [7, 11) is 0. The van der Waals surface area contributed by atoms with Crippen molar-refractivity contribution in [3.05, 3.63) is 66.8 Å². The number of ether oxygens (including phenoxy) is 1. The van der Waals surface area contributed by atoms with Crippen LogP contribution in [-0.2, 0) is 11.2 Å². The fraction of sp³-hybridized carbons (Fsp3) is 0.435. The number of rotatable bonds is 2. The number of piperidine rings is 1. The van der Waals surface area contributed by atoms with E-state index in [0.29, 0.717) is 25.3 Å². The van der Waals surface area contributed by atoms with Crippen LogP contribution in [0.2, 0.25) is 0 Å². The van der Waals surface area contributed by atoms with Gasteiger partial charge in [-0.2, -0.15) is 0 Å². The van der Waals surface area contributed by atoms with E-state index in [1.54, 1.807) is 24.8 Å². The predicted octanol–water partition coefficient (Wildman–Crippen LogP) is 4.99. The minimum atomic E-state index is -0.298. The topological polar surface area (TPSA) is 84.7 Å². The molecule has 1 saturated heterocycles. The van der Waals surface area contributed by atoms with Crippen LogP contribution in [0.5, 0.6) is 0 Å². The van der Waals surface area contributed by atoms with E-state index in [0.717, 1.165) is 46.9 Å². The van der Waals surface area contributed by atoms with Crippen LogP contribution in [0.1, 0.15) is 42.9 Å². The monoisotopic (exact) mass is 487 g/mol. The van der Waals surface area contributed by atoms with Gasteiger partial charge in [0.1, 0.15) is 0 Å². The minimum absolute atomic E-state index is 0.0194. The van der Waals surface area contributed by atoms with E-state index < -0.39 is 0 Å². The Labute approximate surface area is 190 Å². The van der Waals surface area contributed by atoms with E-state index >= 15 is 0 Å². The number of carbonyl (C=O) groups excluding carboxylic acids is 1. The first-order valence-electron chi connectivity index (χ1n) is 10.6. The number of carbonyl (C=O) groups is 1. The predicted molar refractivity (Wildman–Crippen MR) is 123 cm³/mol. The molecule has 2 aliphatic heterocycles. The second-order valence-corrected chi connectivity index (χ2v) is 9.02. The van der Waals surface area contributed by atoms with E-state index in [1.807, 2.05) is 12.3 Å². The molecule has 0 saturated carbocycles. The summed E-state index contributed by atoms with van der Waals surface area (Å²) in [4.78, 5) is 25.2. The Morgan fingerprint density at radius 2 is 2.03 bits per heavy atom. The molecule has 0 radical (unpaired) electrons. The van der Waals surface area contributed by atoms with Crippen LogP contribution in [-0.4, -0.2) is 41.7 Å². The highest BCUT2D eigenvalue weighted by Crippen LogP contribution is 2.41. The van der Waals surface area contributed by atoms with Crippen molar-refractivity contribution in [3.63, 3.8) is 0 Å². The lowest BCUT2D eigenvalue weighted by Crippen LogP contribution is -2.38. The lowest BCUT2D eigenvalue weighted by atomic mass is 9.84. The number of hydrogen-bond donors (Lipinski definition) is 1. The quantitative estimate of drug-likeness (QED) is 0.469. The van der Waals surface area contributed by atoms with Crippen LogP contribution < -0.4 is 5.32 Å². The highest BCUT2D eigenvalue weighted by molar-refractivity contribution is 9.11. The Balaban J connectivity index is 1.79. The normalized spacial score (nSPS) is 20.6. The van der Waals surface area contributed by atoms with Gasteiger partial charge in [0, 0.05) is 35.4 Å². The molecule has 1 aromatic rings. The van der Waals surface area contributed by atoms with Gasteiger partial charge in [-0.05, 0) is 89.9 Å². The first kappa shape index (κ1) is 21.6. The summed E-state index contributed by atoms with van der Waals surface area (Å²) < 4.78 is 6.15. The van der Waals surface area contributed by atoms with Crippen LogP contribution in [0.25, 0.3) is 5.57 Å². The molecule has 4 rings (SSSR count). The molecule has 1 fully saturated rings. The number of fused-ring (bicyclic) bond motifs is 2. The maximum Gasteiger partial charge on any atom is 0.409 e. The fourth-order valence-corrected chi connectivity index (χ4v) is 5.17. The van der Waals surface area contributed by atoms with Crippen molar-refractivity contribution >= 4 is 33.3 Å². The summed E-state index contributed by atoms with van der Waals surface area (Å²) in [6, 6.07) is 3.71. The fourth-order valence-electron chi connectivity index (χ4n) is 4.74. The Bertz CT molecular complexity index is 1020. The number of nitrogens with one attached hydrogen (secondary N) is 1. The molecule has 1 amide bonds. The van der Waals surface area contributed by atoms with Gasteiger partial charge in [0.15, 0.2) is 0 Å². The maximum absolute atomic E-state index is 12.1. The molecular formula is C23H26BrN3O4. The molecule has 1 aliphatic carbocycles. The number of nitrogens with zero attached hydrogens (tertiary/aromatic N) is 2. The van der Waals surface area contributed by atoms with Gasteiger partial charge in [0.2, 0.25) is 0 Å². The number of halogens is 1. The van der Waals surface area contributed by atoms with Gasteiger partial charge in [-0.1, -0.05) is 5.57 Å². The Kier molecular flexibility index (Phi) is 6.18. The van der Waals surface area contributed by atoms with Crippen molar-refractivity contribution in [1.29, 1.82) is 0 Å². The van der Waals surface area contributed by atoms with Gasteiger partial charge in [-0.3, -0.25) is 10.1 Å². The molecule has 0 aromatic heterocycles. The lowest BCUT2D eigenvalue weighted by molar-refractivity contribution is -0.385. The Hall–Kier alpha value is -2.61. The summed E-state index contributed by atoms with van der Waals surface area (Å²) in [5.41, 5.74) is 6.59. The number of allylic oxidation sites excluding steroid dienone is 2. The third-order valence-electron chi connectivity index (χ3n) is 6.24. The van der Waals surface area contributed by atoms with Crippen molar-refractivity contribution in [1.82, 2.24) is 10.2 Å². The Morgan fingerprint density at radius 3 is 2.71 bits per heavy atom. The molecule has 0 bridgehead atoms. The molecule has 164 valence electrons. The van der Waals surface area contributed by atoms with Gasteiger partial charge in [-0.15, -0.1) is 0 Å². The van der Waals surface area contributed by atoms with Crippen molar-refractivity contribution in [2.45, 2.75) is 45.6 Å². The molecule has 1 atom stereocenters. The second kappa shape index (κ2) is 8.86. The van der Waals surface area contributed by atoms with E-state index in [4.69, 9.17) is 4.74 Å². The standard InChI is InChI=1S/C23H26BrN3O4/c1-3-31-23(28)26-8-6-15(7-9-26)21-19-12-20(27(29)30)14(2)10-16(19)4-5-17-11-18(24)13-25-22(17)21/h10-13,22,25H,3-9H2,1-2H3. The molecule has 7 nitrogen and oxygen atoms in total. The van der Waals surface area contributed by atoms with E-state index in [1.165, 1.54) is 11.1 Å². The summed E-state index contributed by atoms with van der Waals surface area (Å²) in [5.74, 6) is 0. The second-order valence-electron chi connectivity index (χ2n) is 8.10. The highest BCUT2D eigenvalue weighted by Gasteiger charge is 2.33. The summed E-state index contributed by atoms with van der Waals surface area (Å²) in [5, 5.41) is 15.2. The van der Waals surface area contributed by atoms with Crippen LogP contribution in [0.3, 0.4) is 0 Å². The van der Waals surface area contributed by atoms with Crippen molar-refractivity contribution in [2.24, 2.45) is 0 Å². The van der Waals surface area contributed by atoms with Gasteiger partial charge in [-0.25, -0.2) is 4.79 Å². The number of nitro benzene ring substituents is 1. The van der Waals surface area contributed by atoms with E-state index in [9.17, 15) is 14.9 Å². The SMILES string of the molecule is CCOC(=O)N1CCC(=C2c3cc([N+](=O)[O-])c(C)cc3CCC3=CC(Br)=CNC32)CC1. The molecular weight excluding hydrogens is 462 g/mol. The van der Waals surface area contributed by atoms with E-state index in [2.05, 4.69) is 27.3 Å². The van der Waals surface area contributed by atoms with Gasteiger partial charge < -0.3 is 15.0 Å². The maximum atomic E-state index is 12.1. The zero-order valence-corrected chi connectivity index (χ0v) is 19.3. The first-order chi connectivity index (χ1) is 14.9. The number of benzene rings is 1. The number of dihydropyridines is 1. The summed E-state index contributed by atoms with van der Waals surface area (Å²) in [6.07, 6.45) is 7.00. The molecule has 2 heterocycles. The number of hydrogen-bond acceptors (Lipinski definition) is 5. The smallest absolute Gasteiger partial charge is 0.409 e. The molecule has 3 aliphatic rings. The minimum Gasteiger partial charge on any atom is -0.450 e. The largest absolute Gasteiger partial charge is 0.450 e. The number of nitro groups is 1. The molecule has 8 heteroatoms. The average molecular weight is 488 g/mol. The lowest BCUT2D eigenvalue weighted by Gasteiger charge is -2.33. The van der Waals surface area contributed by atoms with Crippen LogP contribution >= 0.6 is 15.9 Å². The summed E-state index contributed by atoms with van der Waals surface area (Å²) >= 11 is 3.57. The third kappa shape index (κ3) is 4.26. The number of aryl methyl sites for hydroxylation is 2. The van der Waals surface area contributed by atoms with Gasteiger partial charge in [0.25, 0.3) is 5.69 Å². The highest BCUT2D eigenvalue weighted by atomic mass is 79.9. The zero-order valence-electron chi connectivity index (χ0n) is 17.7. The van der Waals surface area contributed by atoms with Crippen LogP contribution in [0.4, 0.5) is 10.5 Å².